The van der Waals surface area contributed by atoms with E-state index in [-0.39, 0.29) is 30.2 Å². The number of hydrogen-bond donors (Lipinski definition) is 1. The Hall–Kier alpha value is -3.07. The minimum Gasteiger partial charge on any atom is -0.352 e. The van der Waals surface area contributed by atoms with Crippen molar-refractivity contribution in [3.05, 3.63) is 63.3 Å². The number of hydrogen-bond acceptors (Lipinski definition) is 5. The van der Waals surface area contributed by atoms with Crippen molar-refractivity contribution in [1.29, 1.82) is 0 Å². The number of fused-ring (bicyclic) bond motifs is 3. The van der Waals surface area contributed by atoms with E-state index in [0.29, 0.717) is 34.8 Å². The Labute approximate surface area is 176 Å². The molecule has 1 N–H and O–H groups in total. The monoisotopic (exact) mass is 427 g/mol. The van der Waals surface area contributed by atoms with Crippen LogP contribution < -0.4 is 10.9 Å². The molecule has 9 heteroatoms. The Bertz CT molecular complexity index is 1260. The van der Waals surface area contributed by atoms with E-state index in [2.05, 4.69) is 22.4 Å². The van der Waals surface area contributed by atoms with Gasteiger partial charge in [0.2, 0.25) is 11.7 Å². The summed E-state index contributed by atoms with van der Waals surface area (Å²) in [5.41, 5.74) is 1.15. The van der Waals surface area contributed by atoms with Crippen LogP contribution in [0.2, 0.25) is 0 Å². The van der Waals surface area contributed by atoms with E-state index in [1.807, 2.05) is 15.8 Å². The first-order valence-electron chi connectivity index (χ1n) is 9.94. The van der Waals surface area contributed by atoms with Crippen LogP contribution >= 0.6 is 11.3 Å². The Morgan fingerprint density at radius 3 is 2.87 bits per heavy atom. The van der Waals surface area contributed by atoms with Crippen LogP contribution in [0.3, 0.4) is 0 Å². The number of aromatic nitrogens is 4. The van der Waals surface area contributed by atoms with E-state index >= 15 is 0 Å². The number of nitrogens with one attached hydrogen (secondary N) is 1. The van der Waals surface area contributed by atoms with Gasteiger partial charge in [-0.2, -0.15) is 0 Å². The third kappa shape index (κ3) is 3.85. The molecule has 1 amide bonds. The van der Waals surface area contributed by atoms with Crippen LogP contribution in [0.5, 0.6) is 0 Å². The Morgan fingerprint density at radius 2 is 2.07 bits per heavy atom. The number of aryl methyl sites for hydroxylation is 2. The molecule has 30 heavy (non-hydrogen) atoms. The topological polar surface area (TPSA) is 81.3 Å². The summed E-state index contributed by atoms with van der Waals surface area (Å²) in [6, 6.07) is 8.24. The van der Waals surface area contributed by atoms with Crippen LogP contribution in [0, 0.1) is 5.82 Å². The first-order valence-corrected chi connectivity index (χ1v) is 10.8. The first kappa shape index (κ1) is 20.2. The molecule has 0 aliphatic rings. The van der Waals surface area contributed by atoms with Crippen molar-refractivity contribution < 1.29 is 9.18 Å². The molecule has 0 unspecified atom stereocenters. The van der Waals surface area contributed by atoms with Crippen LogP contribution in [0.4, 0.5) is 4.39 Å². The van der Waals surface area contributed by atoms with Crippen molar-refractivity contribution in [1.82, 2.24) is 24.5 Å². The van der Waals surface area contributed by atoms with E-state index in [0.717, 1.165) is 18.4 Å². The molecule has 0 fully saturated rings. The van der Waals surface area contributed by atoms with E-state index < -0.39 is 0 Å². The maximum absolute atomic E-state index is 13.7. The standard InChI is InChI=1S/C21H22FN5O2S/c1-2-3-11-26-20(29)19-16(10-12-30-19)27-17(24-25-21(26)27)8-9-18(28)23-13-14-6-4-5-7-15(14)22/h4-7,10,12H,2-3,8-9,11,13H2,1H3,(H,23,28). The zero-order chi connectivity index (χ0) is 21.1. The van der Waals surface area contributed by atoms with E-state index in [4.69, 9.17) is 0 Å². The molecule has 1 aromatic carbocycles. The maximum Gasteiger partial charge on any atom is 0.272 e. The lowest BCUT2D eigenvalue weighted by Gasteiger charge is -2.09. The highest BCUT2D eigenvalue weighted by atomic mass is 32.1. The van der Waals surface area contributed by atoms with Gasteiger partial charge >= 0.3 is 0 Å². The van der Waals surface area contributed by atoms with Crippen molar-refractivity contribution >= 4 is 33.2 Å². The van der Waals surface area contributed by atoms with Crippen LogP contribution in [0.15, 0.2) is 40.5 Å². The lowest BCUT2D eigenvalue weighted by molar-refractivity contribution is -0.121. The van der Waals surface area contributed by atoms with Crippen molar-refractivity contribution in [2.24, 2.45) is 0 Å². The van der Waals surface area contributed by atoms with Gasteiger partial charge in [-0.15, -0.1) is 21.5 Å². The number of carbonyl (C=O) groups is 1. The largest absolute Gasteiger partial charge is 0.352 e. The summed E-state index contributed by atoms with van der Waals surface area (Å²) in [6.45, 7) is 2.78. The molecule has 4 rings (SSSR count). The fourth-order valence-electron chi connectivity index (χ4n) is 3.41. The summed E-state index contributed by atoms with van der Waals surface area (Å²) in [4.78, 5) is 25.1. The summed E-state index contributed by atoms with van der Waals surface area (Å²) in [5, 5.41) is 13.1. The number of unbranched alkanes of at least 4 members (excludes halogenated alkanes) is 1. The van der Waals surface area contributed by atoms with Gasteiger partial charge in [0.25, 0.3) is 5.56 Å². The minimum atomic E-state index is -0.342. The third-order valence-electron chi connectivity index (χ3n) is 5.02. The highest BCUT2D eigenvalue weighted by molar-refractivity contribution is 7.17. The zero-order valence-corrected chi connectivity index (χ0v) is 17.4. The summed E-state index contributed by atoms with van der Waals surface area (Å²) in [7, 11) is 0. The number of carbonyl (C=O) groups excluding carboxylic acids is 1. The van der Waals surface area contributed by atoms with E-state index in [1.54, 1.807) is 22.8 Å². The predicted molar refractivity (Wildman–Crippen MR) is 114 cm³/mol. The minimum absolute atomic E-state index is 0.0532. The Kier molecular flexibility index (Phi) is 5.89. The Balaban J connectivity index is 1.55. The number of halogens is 1. The molecule has 0 bridgehead atoms. The number of benzene rings is 1. The molecular formula is C21H22FN5O2S. The molecule has 0 aliphatic heterocycles. The molecule has 0 radical (unpaired) electrons. The summed E-state index contributed by atoms with van der Waals surface area (Å²) in [6.07, 6.45) is 2.38. The normalized spacial score (nSPS) is 11.4. The number of thiophene rings is 1. The molecule has 4 aromatic rings. The van der Waals surface area contributed by atoms with Crippen molar-refractivity contribution in [2.75, 3.05) is 0 Å². The molecule has 3 heterocycles. The average Bonchev–Trinajstić information content (AvgIpc) is 3.39. The van der Waals surface area contributed by atoms with Gasteiger partial charge in [0, 0.05) is 31.5 Å². The van der Waals surface area contributed by atoms with Crippen molar-refractivity contribution in [3.63, 3.8) is 0 Å². The van der Waals surface area contributed by atoms with E-state index in [1.165, 1.54) is 17.4 Å². The smallest absolute Gasteiger partial charge is 0.272 e. The fourth-order valence-corrected chi connectivity index (χ4v) is 4.23. The Morgan fingerprint density at radius 1 is 1.23 bits per heavy atom. The molecule has 7 nitrogen and oxygen atoms in total. The summed E-state index contributed by atoms with van der Waals surface area (Å²) < 4.78 is 17.9. The number of nitrogens with zero attached hydrogens (tertiary/aromatic N) is 4. The molecule has 0 atom stereocenters. The highest BCUT2D eigenvalue weighted by Gasteiger charge is 2.18. The first-order chi connectivity index (χ1) is 14.6. The molecule has 0 spiro atoms. The molecular weight excluding hydrogens is 405 g/mol. The van der Waals surface area contributed by atoms with Crippen LogP contribution in [0.1, 0.15) is 37.6 Å². The predicted octanol–water partition coefficient (Wildman–Crippen LogP) is 3.29. The zero-order valence-electron chi connectivity index (χ0n) is 16.6. The van der Waals surface area contributed by atoms with Crippen LogP contribution in [0.25, 0.3) is 16.0 Å². The molecule has 0 saturated carbocycles. The SMILES string of the molecule is CCCCn1c(=O)c2sccc2n2c(CCC(=O)NCc3ccccc3F)nnc12. The molecule has 0 aliphatic carbocycles. The van der Waals surface area contributed by atoms with Crippen molar-refractivity contribution in [3.8, 4) is 0 Å². The quantitative estimate of drug-likeness (QED) is 0.468. The molecule has 3 aromatic heterocycles. The van der Waals surface area contributed by atoms with Gasteiger partial charge < -0.3 is 5.32 Å². The highest BCUT2D eigenvalue weighted by Crippen LogP contribution is 2.20. The molecule has 156 valence electrons. The van der Waals surface area contributed by atoms with Crippen molar-refractivity contribution in [2.45, 2.75) is 45.7 Å². The summed E-state index contributed by atoms with van der Waals surface area (Å²) >= 11 is 1.40. The van der Waals surface area contributed by atoms with Crippen LogP contribution in [-0.4, -0.2) is 25.1 Å². The van der Waals surface area contributed by atoms with Gasteiger partial charge in [0.15, 0.2) is 0 Å². The number of rotatable bonds is 8. The molecule has 0 saturated heterocycles. The second-order valence-electron chi connectivity index (χ2n) is 7.07. The van der Waals surface area contributed by atoms with Gasteiger partial charge in [-0.25, -0.2) is 4.39 Å². The average molecular weight is 428 g/mol. The second-order valence-corrected chi connectivity index (χ2v) is 7.98. The third-order valence-corrected chi connectivity index (χ3v) is 5.92. The maximum atomic E-state index is 13.7. The van der Waals surface area contributed by atoms with Gasteiger partial charge in [-0.3, -0.25) is 18.6 Å². The van der Waals surface area contributed by atoms with Gasteiger partial charge in [-0.1, -0.05) is 31.5 Å². The van der Waals surface area contributed by atoms with Crippen LogP contribution in [-0.2, 0) is 24.3 Å². The fraction of sp³-hybridized carbons (Fsp3) is 0.333. The summed E-state index contributed by atoms with van der Waals surface area (Å²) in [5.74, 6) is 0.586. The van der Waals surface area contributed by atoms with E-state index in [9.17, 15) is 14.0 Å². The second kappa shape index (κ2) is 8.74. The van der Waals surface area contributed by atoms with Gasteiger partial charge in [-0.05, 0) is 23.9 Å². The lowest BCUT2D eigenvalue weighted by atomic mass is 10.2. The van der Waals surface area contributed by atoms with Gasteiger partial charge in [0.05, 0.1) is 5.52 Å². The van der Waals surface area contributed by atoms with Gasteiger partial charge in [0.1, 0.15) is 16.3 Å². The number of amides is 1. The lowest BCUT2D eigenvalue weighted by Crippen LogP contribution is -2.24.